The van der Waals surface area contributed by atoms with E-state index in [0.29, 0.717) is 10.6 Å². The molecule has 34 heavy (non-hydrogen) atoms. The van der Waals surface area contributed by atoms with Gasteiger partial charge in [0.15, 0.2) is 0 Å². The molecule has 178 valence electrons. The van der Waals surface area contributed by atoms with Gasteiger partial charge in [-0.2, -0.15) is 0 Å². The molecule has 1 amide bonds. The number of hydrogen-bond donors (Lipinski definition) is 2. The Morgan fingerprint density at radius 1 is 1.06 bits per heavy atom. The van der Waals surface area contributed by atoms with Gasteiger partial charge in [-0.25, -0.2) is 17.6 Å². The molecule has 3 aromatic carbocycles. The second kappa shape index (κ2) is 10.2. The number of halogens is 2. The number of carbonyl (C=O) groups is 2. The summed E-state index contributed by atoms with van der Waals surface area (Å²) in [5.41, 5.74) is 1.38. The van der Waals surface area contributed by atoms with E-state index in [-0.39, 0.29) is 28.3 Å². The van der Waals surface area contributed by atoms with Gasteiger partial charge in [-0.15, -0.1) is 0 Å². The lowest BCUT2D eigenvalue weighted by atomic mass is 10.1. The van der Waals surface area contributed by atoms with Crippen molar-refractivity contribution in [2.45, 2.75) is 25.3 Å². The molecule has 0 aromatic heterocycles. The van der Waals surface area contributed by atoms with Crippen LogP contribution in [0.5, 0.6) is 0 Å². The van der Waals surface area contributed by atoms with E-state index < -0.39 is 34.3 Å². The zero-order valence-corrected chi connectivity index (χ0v) is 20.0. The molecular weight excluding hydrogens is 483 g/mol. The van der Waals surface area contributed by atoms with Crippen molar-refractivity contribution < 1.29 is 27.5 Å². The largest absolute Gasteiger partial charge is 0.478 e. The minimum absolute atomic E-state index is 0.00882. The molecule has 0 aliphatic rings. The van der Waals surface area contributed by atoms with Crippen LogP contribution >= 0.6 is 11.6 Å². The summed E-state index contributed by atoms with van der Waals surface area (Å²) >= 11 is 6.20. The molecule has 7 nitrogen and oxygen atoms in total. The molecule has 0 unspecified atom stereocenters. The average molecular weight is 505 g/mol. The van der Waals surface area contributed by atoms with Crippen LogP contribution in [0.2, 0.25) is 5.02 Å². The number of carbonyl (C=O) groups excluding carboxylic acids is 1. The lowest BCUT2D eigenvalue weighted by Crippen LogP contribution is -2.41. The van der Waals surface area contributed by atoms with Crippen LogP contribution in [-0.4, -0.2) is 31.9 Å². The van der Waals surface area contributed by atoms with E-state index in [2.05, 4.69) is 5.32 Å². The van der Waals surface area contributed by atoms with E-state index in [1.54, 1.807) is 31.2 Å². The number of hydrogen-bond acceptors (Lipinski definition) is 4. The summed E-state index contributed by atoms with van der Waals surface area (Å²) in [5.74, 6) is -2.64. The maximum Gasteiger partial charge on any atom is 0.335 e. The van der Waals surface area contributed by atoms with Crippen molar-refractivity contribution in [3.63, 3.8) is 0 Å². The minimum atomic E-state index is -4.15. The van der Waals surface area contributed by atoms with Gasteiger partial charge in [0.1, 0.15) is 12.4 Å². The van der Waals surface area contributed by atoms with Gasteiger partial charge in [0.05, 0.1) is 16.1 Å². The SMILES string of the molecule is Cc1ccc(S(=O)(=O)N(CC(=O)NCc2cc(C(=O)O)ccc2F)c2cccc(Cl)c2C)cc1. The molecule has 10 heteroatoms. The Labute approximate surface area is 201 Å². The van der Waals surface area contributed by atoms with Crippen molar-refractivity contribution in [3.8, 4) is 0 Å². The van der Waals surface area contributed by atoms with Gasteiger partial charge < -0.3 is 10.4 Å². The summed E-state index contributed by atoms with van der Waals surface area (Å²) in [5, 5.41) is 11.9. The first-order valence-electron chi connectivity index (χ1n) is 10.1. The lowest BCUT2D eigenvalue weighted by molar-refractivity contribution is -0.119. The highest BCUT2D eigenvalue weighted by atomic mass is 35.5. The molecule has 2 N–H and O–H groups in total. The molecule has 3 rings (SSSR count). The maximum atomic E-state index is 14.1. The number of aromatic carboxylic acids is 1. The third-order valence-corrected chi connectivity index (χ3v) is 7.36. The van der Waals surface area contributed by atoms with Crippen LogP contribution in [-0.2, 0) is 21.4 Å². The maximum absolute atomic E-state index is 14.1. The highest BCUT2D eigenvalue weighted by molar-refractivity contribution is 7.92. The number of rotatable bonds is 8. The molecular formula is C24H22ClFN2O5S. The average Bonchev–Trinajstić information content (AvgIpc) is 2.79. The quantitative estimate of drug-likeness (QED) is 0.476. The normalized spacial score (nSPS) is 11.2. The van der Waals surface area contributed by atoms with E-state index in [4.69, 9.17) is 16.7 Å². The fourth-order valence-electron chi connectivity index (χ4n) is 3.23. The fourth-order valence-corrected chi connectivity index (χ4v) is 4.87. The number of aryl methyl sites for hydroxylation is 1. The Morgan fingerprint density at radius 3 is 2.38 bits per heavy atom. The number of carboxylic acid groups (broad SMARTS) is 1. The standard InChI is InChI=1S/C24H22ClFN2O5S/c1-15-6-9-19(10-7-15)34(32,33)28(22-5-3-4-20(25)16(22)2)14-23(29)27-13-18-12-17(24(30)31)8-11-21(18)26/h3-12H,13-14H2,1-2H3,(H,27,29)(H,30,31). The molecule has 0 bridgehead atoms. The molecule has 0 saturated heterocycles. The molecule has 0 radical (unpaired) electrons. The Bertz CT molecular complexity index is 1340. The third-order valence-electron chi connectivity index (χ3n) is 5.17. The summed E-state index contributed by atoms with van der Waals surface area (Å²) in [7, 11) is -4.15. The molecule has 0 spiro atoms. The van der Waals surface area contributed by atoms with Gasteiger partial charge in [-0.3, -0.25) is 9.10 Å². The first-order chi connectivity index (χ1) is 16.0. The summed E-state index contributed by atoms with van der Waals surface area (Å²) < 4.78 is 42.0. The lowest BCUT2D eigenvalue weighted by Gasteiger charge is -2.26. The summed E-state index contributed by atoms with van der Waals surface area (Å²) in [4.78, 5) is 23.9. The van der Waals surface area contributed by atoms with Crippen molar-refractivity contribution in [2.75, 3.05) is 10.8 Å². The zero-order chi connectivity index (χ0) is 25.0. The number of benzene rings is 3. The van der Waals surface area contributed by atoms with Crippen LogP contribution in [0.4, 0.5) is 10.1 Å². The smallest absolute Gasteiger partial charge is 0.335 e. The van der Waals surface area contributed by atoms with Crippen molar-refractivity contribution in [1.82, 2.24) is 5.32 Å². The first kappa shape index (κ1) is 25.2. The highest BCUT2D eigenvalue weighted by Crippen LogP contribution is 2.30. The van der Waals surface area contributed by atoms with Gasteiger partial charge in [0.2, 0.25) is 5.91 Å². The Morgan fingerprint density at radius 2 is 1.74 bits per heavy atom. The van der Waals surface area contributed by atoms with Gasteiger partial charge in [-0.05, 0) is 61.9 Å². The van der Waals surface area contributed by atoms with Crippen LogP contribution in [0, 0.1) is 19.7 Å². The third kappa shape index (κ3) is 5.55. The summed E-state index contributed by atoms with van der Waals surface area (Å²) in [6.45, 7) is 2.54. The molecule has 0 saturated carbocycles. The van der Waals surface area contributed by atoms with Gasteiger partial charge in [0.25, 0.3) is 10.0 Å². The van der Waals surface area contributed by atoms with E-state index in [0.717, 1.165) is 28.1 Å². The zero-order valence-electron chi connectivity index (χ0n) is 18.4. The number of anilines is 1. The second-order valence-corrected chi connectivity index (χ2v) is 9.87. The monoisotopic (exact) mass is 504 g/mol. The number of nitrogens with one attached hydrogen (secondary N) is 1. The number of carboxylic acids is 1. The van der Waals surface area contributed by atoms with Crippen LogP contribution < -0.4 is 9.62 Å². The van der Waals surface area contributed by atoms with Crippen LogP contribution in [0.25, 0.3) is 0 Å². The van der Waals surface area contributed by atoms with Crippen molar-refractivity contribution in [3.05, 3.63) is 93.8 Å². The van der Waals surface area contributed by atoms with E-state index in [1.165, 1.54) is 18.2 Å². The Kier molecular flexibility index (Phi) is 7.58. The van der Waals surface area contributed by atoms with Crippen molar-refractivity contribution in [2.24, 2.45) is 0 Å². The predicted octanol–water partition coefficient (Wildman–Crippen LogP) is 4.31. The van der Waals surface area contributed by atoms with Crippen molar-refractivity contribution in [1.29, 1.82) is 0 Å². The number of amides is 1. The second-order valence-electron chi connectivity index (χ2n) is 7.60. The number of sulfonamides is 1. The van der Waals surface area contributed by atoms with Gasteiger partial charge in [-0.1, -0.05) is 35.4 Å². The summed E-state index contributed by atoms with van der Waals surface area (Å²) in [6, 6.07) is 14.1. The topological polar surface area (TPSA) is 104 Å². The van der Waals surface area contributed by atoms with E-state index in [1.807, 2.05) is 6.92 Å². The minimum Gasteiger partial charge on any atom is -0.478 e. The predicted molar refractivity (Wildman–Crippen MR) is 127 cm³/mol. The molecule has 0 aliphatic carbocycles. The molecule has 0 atom stereocenters. The number of nitrogens with zero attached hydrogens (tertiary/aromatic N) is 1. The van der Waals surface area contributed by atoms with Crippen LogP contribution in [0.1, 0.15) is 27.0 Å². The highest BCUT2D eigenvalue weighted by Gasteiger charge is 2.28. The molecule has 3 aromatic rings. The van der Waals surface area contributed by atoms with Crippen LogP contribution in [0.15, 0.2) is 65.6 Å². The van der Waals surface area contributed by atoms with Crippen molar-refractivity contribution >= 4 is 39.2 Å². The molecule has 0 fully saturated rings. The van der Waals surface area contributed by atoms with Gasteiger partial charge in [0, 0.05) is 17.1 Å². The van der Waals surface area contributed by atoms with Gasteiger partial charge >= 0.3 is 5.97 Å². The molecule has 0 aliphatic heterocycles. The van der Waals surface area contributed by atoms with E-state index in [9.17, 15) is 22.4 Å². The fraction of sp³-hybridized carbons (Fsp3) is 0.167. The first-order valence-corrected chi connectivity index (χ1v) is 12.0. The van der Waals surface area contributed by atoms with E-state index >= 15 is 0 Å². The Hall–Kier alpha value is -3.43. The Balaban J connectivity index is 1.91. The summed E-state index contributed by atoms with van der Waals surface area (Å²) in [6.07, 6.45) is 0. The molecule has 0 heterocycles. The van der Waals surface area contributed by atoms with Crippen LogP contribution in [0.3, 0.4) is 0 Å².